The van der Waals surface area contributed by atoms with Gasteiger partial charge in [-0.25, -0.2) is 4.79 Å². The van der Waals surface area contributed by atoms with E-state index in [1.54, 1.807) is 44.1 Å². The highest BCUT2D eigenvalue weighted by atomic mass is 16.5. The summed E-state index contributed by atoms with van der Waals surface area (Å²) < 4.78 is 17.8. The average Bonchev–Trinajstić information content (AvgIpc) is 3.51. The molecule has 3 rings (SSSR count). The van der Waals surface area contributed by atoms with Crippen molar-refractivity contribution < 1.29 is 19.0 Å². The lowest BCUT2D eigenvalue weighted by Gasteiger charge is -2.13. The summed E-state index contributed by atoms with van der Waals surface area (Å²) in [7, 11) is 4.94. The zero-order valence-electron chi connectivity index (χ0n) is 17.8. The number of aromatic nitrogens is 2. The van der Waals surface area contributed by atoms with E-state index in [0.717, 1.165) is 12.2 Å². The lowest BCUT2D eigenvalue weighted by atomic mass is 10.2. The van der Waals surface area contributed by atoms with Gasteiger partial charge in [0.15, 0.2) is 17.3 Å². The van der Waals surface area contributed by atoms with Crippen molar-refractivity contribution in [1.82, 2.24) is 15.1 Å². The summed E-state index contributed by atoms with van der Waals surface area (Å²) in [5.74, 6) is 8.52. The Kier molecular flexibility index (Phi) is 7.20. The van der Waals surface area contributed by atoms with Crippen LogP contribution in [0, 0.1) is 17.8 Å². The van der Waals surface area contributed by atoms with E-state index < -0.39 is 0 Å². The molecule has 1 aromatic heterocycles. The fourth-order valence-corrected chi connectivity index (χ4v) is 2.74. The molecule has 2 N–H and O–H groups in total. The smallest absolute Gasteiger partial charge is 0.320 e. The van der Waals surface area contributed by atoms with Crippen molar-refractivity contribution in [2.24, 2.45) is 13.0 Å². The van der Waals surface area contributed by atoms with Crippen LogP contribution in [0.5, 0.6) is 11.5 Å². The Bertz CT molecular complexity index is 940. The SMILES string of the molecule is COc1ccc(C#Cc2cc(NC(=O)NC[C@H](C)OCC3CC3)nn2C)cc1OC. The van der Waals surface area contributed by atoms with Gasteiger partial charge in [-0.05, 0) is 49.8 Å². The average molecular weight is 412 g/mol. The normalized spacial score (nSPS) is 13.7. The topological polar surface area (TPSA) is 86.6 Å². The van der Waals surface area contributed by atoms with Gasteiger partial charge in [-0.3, -0.25) is 10.00 Å². The number of aryl methyl sites for hydroxylation is 1. The molecule has 1 aliphatic carbocycles. The van der Waals surface area contributed by atoms with Crippen molar-refractivity contribution >= 4 is 11.8 Å². The summed E-state index contributed by atoms with van der Waals surface area (Å²) in [5.41, 5.74) is 1.45. The second-order valence-corrected chi connectivity index (χ2v) is 7.28. The number of urea groups is 1. The van der Waals surface area contributed by atoms with E-state index in [2.05, 4.69) is 27.6 Å². The Labute approximate surface area is 176 Å². The van der Waals surface area contributed by atoms with E-state index in [4.69, 9.17) is 14.2 Å². The Morgan fingerprint density at radius 2 is 2.00 bits per heavy atom. The van der Waals surface area contributed by atoms with Gasteiger partial charge in [-0.1, -0.05) is 5.92 Å². The van der Waals surface area contributed by atoms with Crippen LogP contribution in [0.25, 0.3) is 0 Å². The molecule has 2 amide bonds. The standard InChI is InChI=1S/C22H28N4O4/c1-15(30-14-17-5-6-17)13-23-22(27)24-21-12-18(26(2)25-21)9-7-16-8-10-19(28-3)20(11-16)29-4/h8,10-12,15,17H,5-6,13-14H2,1-4H3,(H2,23,24,25,27)/t15-/m0/s1. The first-order valence-corrected chi connectivity index (χ1v) is 9.93. The maximum absolute atomic E-state index is 12.1. The highest BCUT2D eigenvalue weighted by Crippen LogP contribution is 2.29. The van der Waals surface area contributed by atoms with Crippen molar-refractivity contribution in [3.05, 3.63) is 35.5 Å². The summed E-state index contributed by atoms with van der Waals surface area (Å²) in [4.78, 5) is 12.1. The van der Waals surface area contributed by atoms with Crippen LogP contribution in [0.2, 0.25) is 0 Å². The molecule has 1 atom stereocenters. The van der Waals surface area contributed by atoms with E-state index in [9.17, 15) is 4.79 Å². The first kappa shape index (κ1) is 21.5. The molecular formula is C22H28N4O4. The molecular weight excluding hydrogens is 384 g/mol. The molecule has 0 saturated heterocycles. The maximum Gasteiger partial charge on any atom is 0.320 e. The van der Waals surface area contributed by atoms with Crippen LogP contribution in [-0.2, 0) is 11.8 Å². The zero-order chi connectivity index (χ0) is 21.5. The third-order valence-electron chi connectivity index (χ3n) is 4.70. The molecule has 1 aliphatic rings. The van der Waals surface area contributed by atoms with Crippen molar-refractivity contribution in [2.45, 2.75) is 25.9 Å². The summed E-state index contributed by atoms with van der Waals surface area (Å²) >= 11 is 0. The Hall–Kier alpha value is -3.18. The second kappa shape index (κ2) is 10.0. The minimum Gasteiger partial charge on any atom is -0.493 e. The summed E-state index contributed by atoms with van der Waals surface area (Å²) in [6.07, 6.45) is 2.47. The minimum absolute atomic E-state index is 0.0250. The molecule has 2 aromatic rings. The van der Waals surface area contributed by atoms with E-state index in [-0.39, 0.29) is 12.1 Å². The molecule has 8 heteroatoms. The number of carbonyl (C=O) groups is 1. The van der Waals surface area contributed by atoms with Gasteiger partial charge in [-0.15, -0.1) is 0 Å². The number of amides is 2. The van der Waals surface area contributed by atoms with Gasteiger partial charge in [0.1, 0.15) is 5.69 Å². The summed E-state index contributed by atoms with van der Waals surface area (Å²) in [6, 6.07) is 6.86. The number of nitrogens with zero attached hydrogens (tertiary/aromatic N) is 2. The number of hydrogen-bond acceptors (Lipinski definition) is 5. The number of anilines is 1. The molecule has 1 saturated carbocycles. The molecule has 160 valence electrons. The minimum atomic E-state index is -0.325. The molecule has 0 aliphatic heterocycles. The van der Waals surface area contributed by atoms with Crippen LogP contribution >= 0.6 is 0 Å². The van der Waals surface area contributed by atoms with Gasteiger partial charge in [-0.2, -0.15) is 5.10 Å². The van der Waals surface area contributed by atoms with Crippen LogP contribution < -0.4 is 20.1 Å². The molecule has 0 unspecified atom stereocenters. The molecule has 1 aromatic carbocycles. The van der Waals surface area contributed by atoms with E-state index >= 15 is 0 Å². The highest BCUT2D eigenvalue weighted by Gasteiger charge is 2.22. The predicted octanol–water partition coefficient (Wildman–Crippen LogP) is 2.77. The van der Waals surface area contributed by atoms with Crippen molar-refractivity contribution in [3.63, 3.8) is 0 Å². The third kappa shape index (κ3) is 6.16. The molecule has 1 heterocycles. The number of carbonyl (C=O) groups excluding carboxylic acids is 1. The van der Waals surface area contributed by atoms with E-state index in [0.29, 0.717) is 35.5 Å². The molecule has 1 fully saturated rings. The van der Waals surface area contributed by atoms with Gasteiger partial charge in [0.2, 0.25) is 0 Å². The second-order valence-electron chi connectivity index (χ2n) is 7.28. The quantitative estimate of drug-likeness (QED) is 0.651. The van der Waals surface area contributed by atoms with Crippen molar-refractivity contribution in [2.75, 3.05) is 32.7 Å². The molecule has 30 heavy (non-hydrogen) atoms. The van der Waals surface area contributed by atoms with Crippen LogP contribution in [0.4, 0.5) is 10.6 Å². The first-order valence-electron chi connectivity index (χ1n) is 9.93. The number of benzene rings is 1. The van der Waals surface area contributed by atoms with E-state index in [1.165, 1.54) is 12.8 Å². The third-order valence-corrected chi connectivity index (χ3v) is 4.70. The van der Waals surface area contributed by atoms with Gasteiger partial charge in [0.05, 0.1) is 20.3 Å². The Morgan fingerprint density at radius 3 is 2.70 bits per heavy atom. The van der Waals surface area contributed by atoms with Crippen LogP contribution in [0.3, 0.4) is 0 Å². The zero-order valence-corrected chi connectivity index (χ0v) is 17.8. The molecule has 8 nitrogen and oxygen atoms in total. The van der Waals surface area contributed by atoms with Gasteiger partial charge < -0.3 is 19.5 Å². The van der Waals surface area contributed by atoms with Crippen molar-refractivity contribution in [3.8, 4) is 23.3 Å². The molecule has 0 bridgehead atoms. The number of methoxy groups -OCH3 is 2. The monoisotopic (exact) mass is 412 g/mol. The van der Waals surface area contributed by atoms with Gasteiger partial charge in [0, 0.05) is 31.8 Å². The number of rotatable bonds is 8. The highest BCUT2D eigenvalue weighted by molar-refractivity contribution is 5.88. The fraction of sp³-hybridized carbons (Fsp3) is 0.455. The largest absolute Gasteiger partial charge is 0.493 e. The number of hydrogen-bond donors (Lipinski definition) is 2. The van der Waals surface area contributed by atoms with Crippen LogP contribution in [-0.4, -0.2) is 49.3 Å². The number of ether oxygens (including phenoxy) is 3. The number of nitrogens with one attached hydrogen (secondary N) is 2. The summed E-state index contributed by atoms with van der Waals surface area (Å²) in [5, 5.41) is 9.81. The van der Waals surface area contributed by atoms with E-state index in [1.807, 2.05) is 13.0 Å². The van der Waals surface area contributed by atoms with Crippen molar-refractivity contribution in [1.29, 1.82) is 0 Å². The molecule has 0 radical (unpaired) electrons. The first-order chi connectivity index (χ1) is 14.5. The fourth-order valence-electron chi connectivity index (χ4n) is 2.74. The maximum atomic E-state index is 12.1. The van der Waals surface area contributed by atoms with Crippen LogP contribution in [0.15, 0.2) is 24.3 Å². The molecule has 0 spiro atoms. The van der Waals surface area contributed by atoms with Gasteiger partial charge in [0.25, 0.3) is 0 Å². The Morgan fingerprint density at radius 1 is 1.23 bits per heavy atom. The summed E-state index contributed by atoms with van der Waals surface area (Å²) in [6.45, 7) is 3.16. The Balaban J connectivity index is 1.55. The van der Waals surface area contributed by atoms with Gasteiger partial charge >= 0.3 is 6.03 Å². The lowest BCUT2D eigenvalue weighted by Crippen LogP contribution is -2.35. The van der Waals surface area contributed by atoms with Crippen LogP contribution in [0.1, 0.15) is 31.0 Å². The lowest BCUT2D eigenvalue weighted by molar-refractivity contribution is 0.0601. The predicted molar refractivity (Wildman–Crippen MR) is 114 cm³/mol.